The fourth-order valence-electron chi connectivity index (χ4n) is 2.14. The summed E-state index contributed by atoms with van der Waals surface area (Å²) in [5.41, 5.74) is 1.21. The molecule has 0 aliphatic carbocycles. The lowest BCUT2D eigenvalue weighted by Crippen LogP contribution is -2.14. The third kappa shape index (κ3) is 3.56. The zero-order valence-corrected chi connectivity index (χ0v) is 12.9. The first-order valence-corrected chi connectivity index (χ1v) is 7.16. The van der Waals surface area contributed by atoms with Crippen LogP contribution in [0.4, 0.5) is 0 Å². The van der Waals surface area contributed by atoms with Crippen molar-refractivity contribution in [1.82, 2.24) is 9.78 Å². The van der Waals surface area contributed by atoms with E-state index in [0.717, 1.165) is 0 Å². The predicted octanol–water partition coefficient (Wildman–Crippen LogP) is 2.66. The number of nitrogens with zero attached hydrogens (tertiary/aromatic N) is 2. The van der Waals surface area contributed by atoms with Gasteiger partial charge in [-0.25, -0.2) is 0 Å². The first kappa shape index (κ1) is 15.8. The Kier molecular flexibility index (Phi) is 5.61. The molecule has 1 aromatic carbocycles. The number of aromatic nitrogens is 2. The van der Waals surface area contributed by atoms with Crippen LogP contribution < -0.4 is 4.74 Å². The van der Waals surface area contributed by atoms with Gasteiger partial charge in [-0.2, -0.15) is 5.10 Å². The molecule has 1 heterocycles. The van der Waals surface area contributed by atoms with Gasteiger partial charge in [0.2, 0.25) is 0 Å². The van der Waals surface area contributed by atoms with E-state index < -0.39 is 6.10 Å². The molecule has 0 saturated heterocycles. The van der Waals surface area contributed by atoms with Crippen LogP contribution in [0.2, 0.25) is 5.02 Å². The molecule has 21 heavy (non-hydrogen) atoms. The van der Waals surface area contributed by atoms with Gasteiger partial charge in [0.05, 0.1) is 36.7 Å². The van der Waals surface area contributed by atoms with Gasteiger partial charge < -0.3 is 14.6 Å². The van der Waals surface area contributed by atoms with E-state index in [9.17, 15) is 5.11 Å². The van der Waals surface area contributed by atoms with E-state index in [1.54, 1.807) is 11.8 Å². The summed E-state index contributed by atoms with van der Waals surface area (Å²) >= 11 is 6.17. The van der Waals surface area contributed by atoms with E-state index >= 15 is 0 Å². The topological polar surface area (TPSA) is 56.5 Å². The highest BCUT2D eigenvalue weighted by atomic mass is 35.5. The molecule has 6 heteroatoms. The molecule has 0 fully saturated rings. The maximum Gasteiger partial charge on any atom is 0.126 e. The summed E-state index contributed by atoms with van der Waals surface area (Å²) in [6.45, 7) is 3.44. The van der Waals surface area contributed by atoms with Gasteiger partial charge in [-0.3, -0.25) is 4.68 Å². The Morgan fingerprint density at radius 2 is 2.14 bits per heavy atom. The number of aliphatic hydroxyl groups is 1. The lowest BCUT2D eigenvalue weighted by atomic mass is 10.1. The number of aliphatic hydroxyl groups excluding tert-OH is 1. The van der Waals surface area contributed by atoms with Crippen LogP contribution in [0.5, 0.6) is 5.75 Å². The number of para-hydroxylation sites is 1. The maximum absolute atomic E-state index is 10.7. The van der Waals surface area contributed by atoms with E-state index in [0.29, 0.717) is 41.8 Å². The minimum absolute atomic E-state index is 0.421. The number of methoxy groups -OCH3 is 1. The Morgan fingerprint density at radius 1 is 1.38 bits per heavy atom. The molecule has 1 unspecified atom stereocenters. The highest BCUT2D eigenvalue weighted by molar-refractivity contribution is 6.31. The predicted molar refractivity (Wildman–Crippen MR) is 80.8 cm³/mol. The molecule has 1 atom stereocenters. The maximum atomic E-state index is 10.7. The van der Waals surface area contributed by atoms with Crippen molar-refractivity contribution >= 4 is 11.6 Å². The highest BCUT2D eigenvalue weighted by Gasteiger charge is 2.22. The van der Waals surface area contributed by atoms with Gasteiger partial charge in [0.25, 0.3) is 0 Å². The monoisotopic (exact) mass is 310 g/mol. The summed E-state index contributed by atoms with van der Waals surface area (Å²) in [7, 11) is 1.62. The summed E-state index contributed by atoms with van der Waals surface area (Å²) in [5, 5.41) is 15.3. The van der Waals surface area contributed by atoms with Gasteiger partial charge in [0, 0.05) is 12.7 Å². The normalized spacial score (nSPS) is 12.4. The van der Waals surface area contributed by atoms with E-state index in [-0.39, 0.29) is 0 Å². The van der Waals surface area contributed by atoms with Crippen LogP contribution in [0.25, 0.3) is 0 Å². The van der Waals surface area contributed by atoms with Crippen molar-refractivity contribution in [2.75, 3.05) is 20.3 Å². The molecule has 0 saturated carbocycles. The second-order valence-electron chi connectivity index (χ2n) is 4.47. The van der Waals surface area contributed by atoms with E-state index in [1.807, 2.05) is 31.2 Å². The third-order valence-electron chi connectivity index (χ3n) is 3.11. The number of benzene rings is 1. The number of hydrogen-bond acceptors (Lipinski definition) is 4. The van der Waals surface area contributed by atoms with Crippen molar-refractivity contribution in [3.05, 3.63) is 46.7 Å². The fraction of sp³-hybridized carbons (Fsp3) is 0.400. The molecule has 0 bridgehead atoms. The summed E-state index contributed by atoms with van der Waals surface area (Å²) in [6, 6.07) is 7.36. The van der Waals surface area contributed by atoms with E-state index in [4.69, 9.17) is 21.1 Å². The third-order valence-corrected chi connectivity index (χ3v) is 3.40. The molecule has 2 aromatic rings. The Labute approximate surface area is 129 Å². The van der Waals surface area contributed by atoms with Gasteiger partial charge >= 0.3 is 0 Å². The molecule has 1 aromatic heterocycles. The van der Waals surface area contributed by atoms with Gasteiger partial charge in [-0.1, -0.05) is 29.8 Å². The van der Waals surface area contributed by atoms with Crippen molar-refractivity contribution in [1.29, 1.82) is 0 Å². The van der Waals surface area contributed by atoms with Gasteiger partial charge in [0.15, 0.2) is 0 Å². The largest absolute Gasteiger partial charge is 0.493 e. The van der Waals surface area contributed by atoms with Crippen LogP contribution in [0.3, 0.4) is 0 Å². The zero-order valence-electron chi connectivity index (χ0n) is 12.1. The average molecular weight is 311 g/mol. The van der Waals surface area contributed by atoms with Crippen LogP contribution in [0, 0.1) is 0 Å². The van der Waals surface area contributed by atoms with Crippen LogP contribution in [0.15, 0.2) is 30.5 Å². The summed E-state index contributed by atoms with van der Waals surface area (Å²) in [6.07, 6.45) is 0.624. The molecule has 114 valence electrons. The molecule has 0 aliphatic rings. The summed E-state index contributed by atoms with van der Waals surface area (Å²) in [4.78, 5) is 0. The SMILES string of the molecule is CCOc1ccccc1C(O)c1c(Cl)cnn1CCOC. The molecular formula is C15H19ClN2O3. The molecule has 0 aliphatic heterocycles. The summed E-state index contributed by atoms with van der Waals surface area (Å²) in [5.74, 6) is 0.642. The standard InChI is InChI=1S/C15H19ClN2O3/c1-3-21-13-7-5-4-6-11(13)15(19)14-12(16)10-17-18(14)8-9-20-2/h4-7,10,15,19H,3,8-9H2,1-2H3. The average Bonchev–Trinajstić information content (AvgIpc) is 2.86. The van der Waals surface area contributed by atoms with Crippen molar-refractivity contribution in [2.24, 2.45) is 0 Å². The van der Waals surface area contributed by atoms with Crippen molar-refractivity contribution < 1.29 is 14.6 Å². The molecule has 2 rings (SSSR count). The van der Waals surface area contributed by atoms with Crippen molar-refractivity contribution in [3.63, 3.8) is 0 Å². The molecule has 0 radical (unpaired) electrons. The molecule has 0 amide bonds. The number of ether oxygens (including phenoxy) is 2. The van der Waals surface area contributed by atoms with Crippen LogP contribution >= 0.6 is 11.6 Å². The van der Waals surface area contributed by atoms with E-state index in [1.165, 1.54) is 6.20 Å². The zero-order chi connectivity index (χ0) is 15.2. The Bertz CT molecular complexity index is 586. The quantitative estimate of drug-likeness (QED) is 0.854. The van der Waals surface area contributed by atoms with E-state index in [2.05, 4.69) is 5.10 Å². The number of hydrogen-bond donors (Lipinski definition) is 1. The number of rotatable bonds is 7. The molecule has 0 spiro atoms. The Morgan fingerprint density at radius 3 is 2.86 bits per heavy atom. The lowest BCUT2D eigenvalue weighted by Gasteiger charge is -2.17. The summed E-state index contributed by atoms with van der Waals surface area (Å²) < 4.78 is 12.3. The Balaban J connectivity index is 2.35. The molecule has 5 nitrogen and oxygen atoms in total. The molecular weight excluding hydrogens is 292 g/mol. The van der Waals surface area contributed by atoms with Gasteiger partial charge in [-0.05, 0) is 13.0 Å². The number of halogens is 1. The first-order chi connectivity index (χ1) is 10.2. The lowest BCUT2D eigenvalue weighted by molar-refractivity contribution is 0.170. The van der Waals surface area contributed by atoms with Crippen LogP contribution in [0.1, 0.15) is 24.3 Å². The molecule has 1 N–H and O–H groups in total. The second-order valence-corrected chi connectivity index (χ2v) is 4.87. The fourth-order valence-corrected chi connectivity index (χ4v) is 2.38. The van der Waals surface area contributed by atoms with Crippen molar-refractivity contribution in [2.45, 2.75) is 19.6 Å². The van der Waals surface area contributed by atoms with Crippen LogP contribution in [-0.4, -0.2) is 35.2 Å². The van der Waals surface area contributed by atoms with Crippen LogP contribution in [-0.2, 0) is 11.3 Å². The van der Waals surface area contributed by atoms with Gasteiger partial charge in [0.1, 0.15) is 11.9 Å². The van der Waals surface area contributed by atoms with Crippen molar-refractivity contribution in [3.8, 4) is 5.75 Å². The Hall–Kier alpha value is -1.56. The minimum Gasteiger partial charge on any atom is -0.493 e. The smallest absolute Gasteiger partial charge is 0.126 e. The highest BCUT2D eigenvalue weighted by Crippen LogP contribution is 2.33. The second kappa shape index (κ2) is 7.45. The van der Waals surface area contributed by atoms with Gasteiger partial charge in [-0.15, -0.1) is 0 Å². The first-order valence-electron chi connectivity index (χ1n) is 6.79. The minimum atomic E-state index is -0.903.